The van der Waals surface area contributed by atoms with Crippen LogP contribution in [0.2, 0.25) is 0 Å². The highest BCUT2D eigenvalue weighted by atomic mass is 16.5. The minimum atomic E-state index is -0.511. The summed E-state index contributed by atoms with van der Waals surface area (Å²) >= 11 is 0. The summed E-state index contributed by atoms with van der Waals surface area (Å²) in [6.07, 6.45) is 2.31. The molecule has 0 saturated carbocycles. The largest absolute Gasteiger partial charge is 0.469 e. The van der Waals surface area contributed by atoms with Crippen LogP contribution in [0.5, 0.6) is 0 Å². The van der Waals surface area contributed by atoms with Gasteiger partial charge in [0.15, 0.2) is 0 Å². The highest BCUT2D eigenvalue weighted by molar-refractivity contribution is 5.78. The van der Waals surface area contributed by atoms with E-state index in [1.165, 1.54) is 7.11 Å². The van der Waals surface area contributed by atoms with Crippen molar-refractivity contribution in [3.63, 3.8) is 0 Å². The quantitative estimate of drug-likeness (QED) is 0.826. The molecule has 0 aliphatic rings. The molecule has 0 spiro atoms. The lowest BCUT2D eigenvalue weighted by Crippen LogP contribution is -2.27. The van der Waals surface area contributed by atoms with Crippen LogP contribution in [0.1, 0.15) is 19.4 Å². The van der Waals surface area contributed by atoms with E-state index in [4.69, 9.17) is 4.74 Å². The van der Waals surface area contributed by atoms with Crippen LogP contribution < -0.4 is 0 Å². The van der Waals surface area contributed by atoms with Crippen LogP contribution in [0.4, 0.5) is 0 Å². The van der Waals surface area contributed by atoms with Gasteiger partial charge in [0.05, 0.1) is 29.9 Å². The van der Waals surface area contributed by atoms with Crippen molar-refractivity contribution in [2.45, 2.75) is 20.3 Å². The van der Waals surface area contributed by atoms with Crippen LogP contribution in [0.25, 0.3) is 11.0 Å². The molecule has 2 rings (SSSR count). The fraction of sp³-hybridized carbons (Fsp3) is 0.385. The van der Waals surface area contributed by atoms with Crippen molar-refractivity contribution in [3.8, 4) is 0 Å². The number of H-pyrrole nitrogens is 1. The van der Waals surface area contributed by atoms with Crippen LogP contribution in [0.15, 0.2) is 24.5 Å². The number of fused-ring (bicyclic) bond motifs is 1. The number of aromatic nitrogens is 2. The Morgan fingerprint density at radius 3 is 2.94 bits per heavy atom. The van der Waals surface area contributed by atoms with Gasteiger partial charge < -0.3 is 9.72 Å². The molecule has 1 heterocycles. The van der Waals surface area contributed by atoms with E-state index in [0.717, 1.165) is 16.6 Å². The van der Waals surface area contributed by atoms with Gasteiger partial charge in [0, 0.05) is 0 Å². The molecular formula is C13H16N2O2. The Morgan fingerprint density at radius 1 is 1.47 bits per heavy atom. The van der Waals surface area contributed by atoms with E-state index in [2.05, 4.69) is 9.97 Å². The molecule has 0 unspecified atom stereocenters. The van der Waals surface area contributed by atoms with E-state index in [1.807, 2.05) is 32.0 Å². The van der Waals surface area contributed by atoms with Crippen molar-refractivity contribution in [3.05, 3.63) is 30.1 Å². The molecule has 4 heteroatoms. The first-order valence-electron chi connectivity index (χ1n) is 5.53. The minimum Gasteiger partial charge on any atom is -0.469 e. The maximum atomic E-state index is 11.6. The Balaban J connectivity index is 2.25. The number of nitrogens with one attached hydrogen (secondary N) is 1. The predicted octanol–water partition coefficient (Wildman–Crippen LogP) is 2.30. The zero-order chi connectivity index (χ0) is 12.5. The van der Waals surface area contributed by atoms with E-state index >= 15 is 0 Å². The molecule has 2 aromatic rings. The Hall–Kier alpha value is -1.84. The molecular weight excluding hydrogens is 216 g/mol. The molecule has 90 valence electrons. The van der Waals surface area contributed by atoms with Gasteiger partial charge >= 0.3 is 5.97 Å². The number of hydrogen-bond donors (Lipinski definition) is 1. The molecule has 0 bridgehead atoms. The molecule has 0 atom stereocenters. The molecule has 4 nitrogen and oxygen atoms in total. The topological polar surface area (TPSA) is 55.0 Å². The van der Waals surface area contributed by atoms with Crippen LogP contribution in [0, 0.1) is 5.41 Å². The van der Waals surface area contributed by atoms with E-state index < -0.39 is 5.41 Å². The number of carbonyl (C=O) groups is 1. The van der Waals surface area contributed by atoms with Gasteiger partial charge in [-0.3, -0.25) is 4.79 Å². The lowest BCUT2D eigenvalue weighted by molar-refractivity contribution is -0.150. The highest BCUT2D eigenvalue weighted by Gasteiger charge is 2.28. The molecule has 0 aliphatic heterocycles. The average molecular weight is 232 g/mol. The van der Waals surface area contributed by atoms with E-state index in [-0.39, 0.29) is 5.97 Å². The number of methoxy groups -OCH3 is 1. The summed E-state index contributed by atoms with van der Waals surface area (Å²) in [4.78, 5) is 18.8. The Kier molecular flexibility index (Phi) is 2.88. The number of aromatic amines is 1. The molecule has 1 aromatic carbocycles. The number of esters is 1. The van der Waals surface area contributed by atoms with Crippen molar-refractivity contribution in [2.75, 3.05) is 7.11 Å². The molecule has 0 amide bonds. The molecule has 0 saturated heterocycles. The monoisotopic (exact) mass is 232 g/mol. The summed E-state index contributed by atoms with van der Waals surface area (Å²) in [5.74, 6) is -0.192. The highest BCUT2D eigenvalue weighted by Crippen LogP contribution is 2.24. The molecule has 0 aliphatic carbocycles. The lowest BCUT2D eigenvalue weighted by Gasteiger charge is -2.21. The van der Waals surface area contributed by atoms with Crippen LogP contribution in [0.3, 0.4) is 0 Å². The van der Waals surface area contributed by atoms with E-state index in [1.54, 1.807) is 6.33 Å². The van der Waals surface area contributed by atoms with Gasteiger partial charge in [-0.15, -0.1) is 0 Å². The maximum absolute atomic E-state index is 11.6. The van der Waals surface area contributed by atoms with Gasteiger partial charge in [-0.2, -0.15) is 0 Å². The third-order valence-corrected chi connectivity index (χ3v) is 2.87. The zero-order valence-corrected chi connectivity index (χ0v) is 10.3. The van der Waals surface area contributed by atoms with Crippen molar-refractivity contribution < 1.29 is 9.53 Å². The van der Waals surface area contributed by atoms with Gasteiger partial charge in [0.25, 0.3) is 0 Å². The molecule has 0 fully saturated rings. The molecule has 1 aromatic heterocycles. The fourth-order valence-corrected chi connectivity index (χ4v) is 1.95. The number of rotatable bonds is 3. The first kappa shape index (κ1) is 11.6. The van der Waals surface area contributed by atoms with Gasteiger partial charge in [-0.25, -0.2) is 4.98 Å². The number of benzene rings is 1. The summed E-state index contributed by atoms with van der Waals surface area (Å²) in [7, 11) is 1.42. The fourth-order valence-electron chi connectivity index (χ4n) is 1.95. The van der Waals surface area contributed by atoms with Crippen molar-refractivity contribution in [1.82, 2.24) is 9.97 Å². The van der Waals surface area contributed by atoms with Gasteiger partial charge in [0.1, 0.15) is 0 Å². The molecule has 17 heavy (non-hydrogen) atoms. The van der Waals surface area contributed by atoms with Crippen LogP contribution in [-0.2, 0) is 16.0 Å². The number of carbonyl (C=O) groups excluding carboxylic acids is 1. The SMILES string of the molecule is COC(=O)C(C)(C)Cc1ccc2nc[nH]c2c1. The van der Waals surface area contributed by atoms with E-state index in [9.17, 15) is 4.79 Å². The smallest absolute Gasteiger partial charge is 0.311 e. The number of nitrogens with zero attached hydrogens (tertiary/aromatic N) is 1. The number of ether oxygens (including phenoxy) is 1. The number of imidazole rings is 1. The Morgan fingerprint density at radius 2 is 2.24 bits per heavy atom. The third-order valence-electron chi connectivity index (χ3n) is 2.87. The summed E-state index contributed by atoms with van der Waals surface area (Å²) in [6, 6.07) is 5.97. The molecule has 1 N–H and O–H groups in total. The Labute approximate surface area is 100 Å². The second kappa shape index (κ2) is 4.20. The standard InChI is InChI=1S/C13H16N2O2/c1-13(2,12(16)17-3)7-9-4-5-10-11(6-9)15-8-14-10/h4-6,8H,7H2,1-3H3,(H,14,15). The maximum Gasteiger partial charge on any atom is 0.311 e. The first-order chi connectivity index (χ1) is 8.03. The zero-order valence-electron chi connectivity index (χ0n) is 10.3. The average Bonchev–Trinajstić information content (AvgIpc) is 2.74. The predicted molar refractivity (Wildman–Crippen MR) is 65.6 cm³/mol. The van der Waals surface area contributed by atoms with Crippen molar-refractivity contribution >= 4 is 17.0 Å². The summed E-state index contributed by atoms with van der Waals surface area (Å²) < 4.78 is 4.80. The Bertz CT molecular complexity index is 543. The van der Waals surface area contributed by atoms with Crippen molar-refractivity contribution in [2.24, 2.45) is 5.41 Å². The second-order valence-electron chi connectivity index (χ2n) is 4.81. The van der Waals surface area contributed by atoms with Gasteiger partial charge in [-0.1, -0.05) is 6.07 Å². The van der Waals surface area contributed by atoms with Gasteiger partial charge in [-0.05, 0) is 38.0 Å². The third kappa shape index (κ3) is 2.30. The summed E-state index contributed by atoms with van der Waals surface area (Å²) in [5.41, 5.74) is 2.51. The van der Waals surface area contributed by atoms with Crippen LogP contribution >= 0.6 is 0 Å². The summed E-state index contributed by atoms with van der Waals surface area (Å²) in [6.45, 7) is 3.77. The number of hydrogen-bond acceptors (Lipinski definition) is 3. The molecule has 0 radical (unpaired) electrons. The van der Waals surface area contributed by atoms with Crippen molar-refractivity contribution in [1.29, 1.82) is 0 Å². The van der Waals surface area contributed by atoms with E-state index in [0.29, 0.717) is 6.42 Å². The summed E-state index contributed by atoms with van der Waals surface area (Å²) in [5, 5.41) is 0. The second-order valence-corrected chi connectivity index (χ2v) is 4.81. The first-order valence-corrected chi connectivity index (χ1v) is 5.53. The minimum absolute atomic E-state index is 0.192. The van der Waals surface area contributed by atoms with Gasteiger partial charge in [0.2, 0.25) is 0 Å². The lowest BCUT2D eigenvalue weighted by atomic mass is 9.86. The normalized spacial score (nSPS) is 11.7. The van der Waals surface area contributed by atoms with Crippen LogP contribution in [-0.4, -0.2) is 23.0 Å².